The Morgan fingerprint density at radius 1 is 1.15 bits per heavy atom. The third-order valence-corrected chi connectivity index (χ3v) is 3.46. The largest absolute Gasteiger partial charge is 0.355 e. The maximum absolute atomic E-state index is 13.0. The number of hydrogen-bond donors (Lipinski definition) is 1. The molecule has 0 aliphatic carbocycles. The summed E-state index contributed by atoms with van der Waals surface area (Å²) in [6, 6.07) is 14.1. The number of halogens is 1. The van der Waals surface area contributed by atoms with Gasteiger partial charge in [0.25, 0.3) is 5.91 Å². The lowest BCUT2D eigenvalue weighted by Crippen LogP contribution is -2.18. The molecule has 0 spiro atoms. The number of carbonyl (C=O) groups excluding carboxylic acids is 1. The van der Waals surface area contributed by atoms with E-state index in [1.54, 1.807) is 25.2 Å². The lowest BCUT2D eigenvalue weighted by molar-refractivity contribution is 0.0963. The molecule has 20 heavy (non-hydrogen) atoms. The van der Waals surface area contributed by atoms with Crippen molar-refractivity contribution in [2.45, 2.75) is 19.3 Å². The standard InChI is InChI=1S/C17H18FNO/c1-3-16(12-7-9-15(18)10-8-12)13-5-4-6-14(11-13)17(20)19-2/h4-11,16H,3H2,1-2H3,(H,19,20). The number of nitrogens with one attached hydrogen (secondary N) is 1. The number of hydrogen-bond acceptors (Lipinski definition) is 1. The molecule has 0 bridgehead atoms. The second-order valence-corrected chi connectivity index (χ2v) is 4.72. The molecule has 2 nitrogen and oxygen atoms in total. The lowest BCUT2D eigenvalue weighted by Gasteiger charge is -2.16. The highest BCUT2D eigenvalue weighted by atomic mass is 19.1. The van der Waals surface area contributed by atoms with Crippen LogP contribution in [-0.2, 0) is 0 Å². The Hall–Kier alpha value is -2.16. The molecule has 104 valence electrons. The van der Waals surface area contributed by atoms with E-state index < -0.39 is 0 Å². The van der Waals surface area contributed by atoms with Gasteiger partial charge in [-0.3, -0.25) is 4.79 Å². The van der Waals surface area contributed by atoms with E-state index in [1.807, 2.05) is 18.2 Å². The maximum atomic E-state index is 13.0. The Labute approximate surface area is 118 Å². The first-order valence-electron chi connectivity index (χ1n) is 6.73. The lowest BCUT2D eigenvalue weighted by atomic mass is 9.88. The molecule has 0 fully saturated rings. The van der Waals surface area contributed by atoms with E-state index in [-0.39, 0.29) is 17.6 Å². The molecule has 0 aromatic heterocycles. The Bertz CT molecular complexity index is 592. The highest BCUT2D eigenvalue weighted by molar-refractivity contribution is 5.94. The van der Waals surface area contributed by atoms with Crippen molar-refractivity contribution in [2.75, 3.05) is 7.05 Å². The van der Waals surface area contributed by atoms with Crippen LogP contribution in [0.25, 0.3) is 0 Å². The van der Waals surface area contributed by atoms with Gasteiger partial charge >= 0.3 is 0 Å². The van der Waals surface area contributed by atoms with Gasteiger partial charge in [-0.05, 0) is 41.8 Å². The fourth-order valence-corrected chi connectivity index (χ4v) is 2.40. The van der Waals surface area contributed by atoms with Crippen LogP contribution in [0, 0.1) is 5.82 Å². The molecule has 3 heteroatoms. The third kappa shape index (κ3) is 3.05. The van der Waals surface area contributed by atoms with E-state index in [0.29, 0.717) is 5.56 Å². The van der Waals surface area contributed by atoms with Crippen LogP contribution < -0.4 is 5.32 Å². The Morgan fingerprint density at radius 2 is 1.85 bits per heavy atom. The predicted octanol–water partition coefficient (Wildman–Crippen LogP) is 3.73. The molecule has 0 saturated carbocycles. The zero-order valence-corrected chi connectivity index (χ0v) is 11.7. The van der Waals surface area contributed by atoms with Crippen molar-refractivity contribution in [3.8, 4) is 0 Å². The van der Waals surface area contributed by atoms with Gasteiger partial charge in [-0.15, -0.1) is 0 Å². The van der Waals surface area contributed by atoms with Crippen LogP contribution in [0.4, 0.5) is 4.39 Å². The summed E-state index contributed by atoms with van der Waals surface area (Å²) in [6.07, 6.45) is 0.892. The van der Waals surface area contributed by atoms with Gasteiger partial charge in [0.15, 0.2) is 0 Å². The summed E-state index contributed by atoms with van der Waals surface area (Å²) in [5.41, 5.74) is 2.77. The zero-order chi connectivity index (χ0) is 14.5. The van der Waals surface area contributed by atoms with Crippen molar-refractivity contribution in [2.24, 2.45) is 0 Å². The van der Waals surface area contributed by atoms with Gasteiger partial charge in [0.2, 0.25) is 0 Å². The topological polar surface area (TPSA) is 29.1 Å². The Balaban J connectivity index is 2.36. The van der Waals surface area contributed by atoms with Gasteiger partial charge in [-0.25, -0.2) is 4.39 Å². The van der Waals surface area contributed by atoms with Crippen LogP contribution >= 0.6 is 0 Å². The summed E-state index contributed by atoms with van der Waals surface area (Å²) >= 11 is 0. The van der Waals surface area contributed by atoms with Crippen molar-refractivity contribution in [3.63, 3.8) is 0 Å². The molecule has 0 aliphatic heterocycles. The average Bonchev–Trinajstić information content (AvgIpc) is 2.49. The van der Waals surface area contributed by atoms with E-state index in [4.69, 9.17) is 0 Å². The predicted molar refractivity (Wildman–Crippen MR) is 78.4 cm³/mol. The fraction of sp³-hybridized carbons (Fsp3) is 0.235. The summed E-state index contributed by atoms with van der Waals surface area (Å²) < 4.78 is 13.0. The number of benzene rings is 2. The molecule has 1 N–H and O–H groups in total. The van der Waals surface area contributed by atoms with Gasteiger partial charge in [0.05, 0.1) is 0 Å². The minimum atomic E-state index is -0.234. The van der Waals surface area contributed by atoms with Crippen LogP contribution in [0.5, 0.6) is 0 Å². The highest BCUT2D eigenvalue weighted by Crippen LogP contribution is 2.28. The van der Waals surface area contributed by atoms with Crippen LogP contribution in [0.3, 0.4) is 0 Å². The molecule has 0 radical (unpaired) electrons. The van der Waals surface area contributed by atoms with Crippen molar-refractivity contribution in [1.29, 1.82) is 0 Å². The molecule has 0 heterocycles. The summed E-state index contributed by atoms with van der Waals surface area (Å²) in [4.78, 5) is 11.7. The van der Waals surface area contributed by atoms with Crippen LogP contribution in [0.1, 0.15) is 40.7 Å². The maximum Gasteiger partial charge on any atom is 0.251 e. The van der Waals surface area contributed by atoms with Crippen LogP contribution in [0.15, 0.2) is 48.5 Å². The molecule has 1 amide bonds. The molecule has 1 atom stereocenters. The fourth-order valence-electron chi connectivity index (χ4n) is 2.40. The molecule has 1 unspecified atom stereocenters. The molecule has 0 aliphatic rings. The molecule has 2 aromatic carbocycles. The minimum Gasteiger partial charge on any atom is -0.355 e. The second kappa shape index (κ2) is 6.33. The zero-order valence-electron chi connectivity index (χ0n) is 11.7. The first-order chi connectivity index (χ1) is 9.65. The van der Waals surface area contributed by atoms with Gasteiger partial charge in [-0.2, -0.15) is 0 Å². The molecule has 0 saturated heterocycles. The van der Waals surface area contributed by atoms with Gasteiger partial charge in [-0.1, -0.05) is 31.2 Å². The van der Waals surface area contributed by atoms with Gasteiger partial charge < -0.3 is 5.32 Å². The van der Waals surface area contributed by atoms with Crippen LogP contribution in [0.2, 0.25) is 0 Å². The molecular formula is C17H18FNO. The summed E-state index contributed by atoms with van der Waals surface area (Å²) in [6.45, 7) is 2.08. The normalized spacial score (nSPS) is 11.9. The first kappa shape index (κ1) is 14.3. The van der Waals surface area contributed by atoms with E-state index in [9.17, 15) is 9.18 Å². The summed E-state index contributed by atoms with van der Waals surface area (Å²) in [7, 11) is 1.62. The van der Waals surface area contributed by atoms with Crippen molar-refractivity contribution >= 4 is 5.91 Å². The minimum absolute atomic E-state index is 0.0965. The number of amides is 1. The first-order valence-corrected chi connectivity index (χ1v) is 6.73. The van der Waals surface area contributed by atoms with E-state index in [2.05, 4.69) is 12.2 Å². The Kier molecular flexibility index (Phi) is 4.51. The van der Waals surface area contributed by atoms with Crippen molar-refractivity contribution in [1.82, 2.24) is 5.32 Å². The second-order valence-electron chi connectivity index (χ2n) is 4.72. The number of carbonyl (C=O) groups is 1. The van der Waals surface area contributed by atoms with Gasteiger partial charge in [0, 0.05) is 18.5 Å². The van der Waals surface area contributed by atoms with E-state index in [1.165, 1.54) is 12.1 Å². The highest BCUT2D eigenvalue weighted by Gasteiger charge is 2.14. The third-order valence-electron chi connectivity index (χ3n) is 3.46. The smallest absolute Gasteiger partial charge is 0.251 e. The Morgan fingerprint density at radius 3 is 2.45 bits per heavy atom. The van der Waals surface area contributed by atoms with E-state index in [0.717, 1.165) is 17.5 Å². The average molecular weight is 271 g/mol. The van der Waals surface area contributed by atoms with Gasteiger partial charge in [0.1, 0.15) is 5.82 Å². The van der Waals surface area contributed by atoms with Crippen LogP contribution in [-0.4, -0.2) is 13.0 Å². The number of rotatable bonds is 4. The van der Waals surface area contributed by atoms with E-state index >= 15 is 0 Å². The molecular weight excluding hydrogens is 253 g/mol. The molecule has 2 aromatic rings. The quantitative estimate of drug-likeness (QED) is 0.902. The summed E-state index contributed by atoms with van der Waals surface area (Å²) in [5.74, 6) is -0.163. The summed E-state index contributed by atoms with van der Waals surface area (Å²) in [5, 5.41) is 2.62. The molecule has 2 rings (SSSR count). The van der Waals surface area contributed by atoms with Crippen molar-refractivity contribution in [3.05, 3.63) is 71.0 Å². The van der Waals surface area contributed by atoms with Crippen molar-refractivity contribution < 1.29 is 9.18 Å². The SMILES string of the molecule is CCC(c1ccc(F)cc1)c1cccc(C(=O)NC)c1. The monoisotopic (exact) mass is 271 g/mol.